The molecule has 1 unspecified atom stereocenters. The van der Waals surface area contributed by atoms with Gasteiger partial charge in [-0.25, -0.2) is 0 Å². The number of fused-ring (bicyclic) bond motifs is 9. The van der Waals surface area contributed by atoms with Crippen LogP contribution in [0.2, 0.25) is 0 Å². The summed E-state index contributed by atoms with van der Waals surface area (Å²) in [5, 5.41) is 13.0. The van der Waals surface area contributed by atoms with E-state index < -0.39 is 0 Å². The number of benzene rings is 6. The SMILES string of the molecule is C/C=C\C=C/C(=N)N.CC.CNC(Cc1ccccc1)Cc1ccc2ccccc2c1C1=CC2=C(CC1)C1(c3ccccc3Oc3ccccc31)c1ccccc12. The number of rotatable bonds is 8. The van der Waals surface area contributed by atoms with Gasteiger partial charge in [-0.3, -0.25) is 5.41 Å². The summed E-state index contributed by atoms with van der Waals surface area (Å²) in [5.74, 6) is 2.00. The van der Waals surface area contributed by atoms with Gasteiger partial charge in [0.15, 0.2) is 0 Å². The predicted octanol–water partition coefficient (Wildman–Crippen LogP) is 12.4. The normalized spacial score (nSPS) is 15.0. The molecule has 1 atom stereocenters. The van der Waals surface area contributed by atoms with Crippen molar-refractivity contribution in [2.24, 2.45) is 5.73 Å². The Morgan fingerprint density at radius 2 is 1.37 bits per heavy atom. The molecule has 0 radical (unpaired) electrons. The average Bonchev–Trinajstić information content (AvgIpc) is 3.54. The molecule has 0 bridgehead atoms. The van der Waals surface area contributed by atoms with E-state index in [1.807, 2.05) is 32.9 Å². The van der Waals surface area contributed by atoms with Crippen molar-refractivity contribution in [3.8, 4) is 11.5 Å². The maximum absolute atomic E-state index is 6.73. The lowest BCUT2D eigenvalue weighted by molar-refractivity contribution is 0.432. The second-order valence-electron chi connectivity index (χ2n) is 14.5. The van der Waals surface area contributed by atoms with Crippen LogP contribution in [-0.4, -0.2) is 18.9 Å². The van der Waals surface area contributed by atoms with E-state index >= 15 is 0 Å². The van der Waals surface area contributed by atoms with Crippen LogP contribution in [0.5, 0.6) is 11.5 Å². The van der Waals surface area contributed by atoms with Crippen LogP contribution >= 0.6 is 0 Å². The zero-order chi connectivity index (χ0) is 39.8. The predicted molar refractivity (Wildman–Crippen MR) is 241 cm³/mol. The molecule has 4 heteroatoms. The van der Waals surface area contributed by atoms with Crippen molar-refractivity contribution in [3.05, 3.63) is 214 Å². The van der Waals surface area contributed by atoms with Gasteiger partial charge in [0.05, 0.1) is 5.41 Å². The first-order chi connectivity index (χ1) is 28.0. The molecule has 0 fully saturated rings. The van der Waals surface area contributed by atoms with Gasteiger partial charge in [0.25, 0.3) is 0 Å². The minimum Gasteiger partial charge on any atom is -0.457 e. The number of hydrogen-bond donors (Lipinski definition) is 3. The van der Waals surface area contributed by atoms with Crippen molar-refractivity contribution < 1.29 is 4.74 Å². The van der Waals surface area contributed by atoms with Gasteiger partial charge in [0.1, 0.15) is 17.3 Å². The molecule has 4 nitrogen and oxygen atoms in total. The van der Waals surface area contributed by atoms with Crippen molar-refractivity contribution in [3.63, 3.8) is 0 Å². The highest BCUT2D eigenvalue weighted by Crippen LogP contribution is 2.63. The molecular formula is C53H53N3O. The van der Waals surface area contributed by atoms with Gasteiger partial charge in [-0.15, -0.1) is 0 Å². The van der Waals surface area contributed by atoms with Crippen molar-refractivity contribution >= 4 is 27.8 Å². The van der Waals surface area contributed by atoms with Gasteiger partial charge in [-0.05, 0) is 113 Å². The number of nitrogens with one attached hydrogen (secondary N) is 2. The molecule has 4 N–H and O–H groups in total. The van der Waals surface area contributed by atoms with Gasteiger partial charge in [0.2, 0.25) is 0 Å². The van der Waals surface area contributed by atoms with Gasteiger partial charge < -0.3 is 15.8 Å². The molecule has 9 rings (SSSR count). The van der Waals surface area contributed by atoms with Crippen LogP contribution < -0.4 is 15.8 Å². The lowest BCUT2D eigenvalue weighted by Gasteiger charge is -2.41. The topological polar surface area (TPSA) is 71.1 Å². The fourth-order valence-electron chi connectivity index (χ4n) is 8.95. The maximum Gasteiger partial charge on any atom is 0.132 e. The van der Waals surface area contributed by atoms with Crippen molar-refractivity contribution in [1.82, 2.24) is 5.32 Å². The highest BCUT2D eigenvalue weighted by molar-refractivity contribution is 6.02. The third-order valence-corrected chi connectivity index (χ3v) is 11.3. The number of ether oxygens (including phenoxy) is 1. The fourth-order valence-corrected chi connectivity index (χ4v) is 8.95. The van der Waals surface area contributed by atoms with E-state index in [1.54, 1.807) is 6.08 Å². The molecule has 1 spiro atoms. The molecule has 286 valence electrons. The summed E-state index contributed by atoms with van der Waals surface area (Å²) in [6.45, 7) is 5.91. The van der Waals surface area contributed by atoms with E-state index in [0.29, 0.717) is 6.04 Å². The standard InChI is InChI=1S/C45H37NO.C6H10N2.C2H6/c1-46-34(27-30-13-3-2-4-14-30)28-32-24-23-31-15-5-6-16-35(31)44(32)33-25-26-39-37(29-33)36-17-7-8-18-38(36)45(39)40-19-9-11-21-42(40)47-43-22-12-10-20-41(43)45;1-2-3-4-5-6(7)8;1-2/h2-24,29,34,46H,25-28H2,1H3;2-5H,1H3,(H3,7,8);1-2H3/b;3-2-,5-4-;. The summed E-state index contributed by atoms with van der Waals surface area (Å²) in [6, 6.07) is 51.3. The van der Waals surface area contributed by atoms with Crippen LogP contribution in [-0.2, 0) is 18.3 Å². The number of amidine groups is 1. The summed E-state index contributed by atoms with van der Waals surface area (Å²) < 4.78 is 6.56. The highest BCUT2D eigenvalue weighted by atomic mass is 16.5. The van der Waals surface area contributed by atoms with Crippen molar-refractivity contribution in [1.29, 1.82) is 5.41 Å². The van der Waals surface area contributed by atoms with Gasteiger partial charge in [-0.2, -0.15) is 0 Å². The summed E-state index contributed by atoms with van der Waals surface area (Å²) in [5.41, 5.74) is 18.3. The molecule has 3 aliphatic rings. The molecule has 2 aliphatic carbocycles. The molecule has 0 aromatic heterocycles. The van der Waals surface area contributed by atoms with Crippen LogP contribution in [0.4, 0.5) is 0 Å². The number of para-hydroxylation sites is 2. The first-order valence-electron chi connectivity index (χ1n) is 20.3. The third-order valence-electron chi connectivity index (χ3n) is 11.3. The third kappa shape index (κ3) is 7.54. The van der Waals surface area contributed by atoms with Crippen molar-refractivity contribution in [2.75, 3.05) is 7.05 Å². The maximum atomic E-state index is 6.73. The molecule has 0 saturated carbocycles. The Bertz CT molecular complexity index is 2460. The molecule has 57 heavy (non-hydrogen) atoms. The number of likely N-dealkylation sites (N-methyl/N-ethyl adjacent to an activating group) is 1. The van der Waals surface area contributed by atoms with Crippen LogP contribution in [0.3, 0.4) is 0 Å². The summed E-state index contributed by atoms with van der Waals surface area (Å²) in [4.78, 5) is 0. The second-order valence-corrected chi connectivity index (χ2v) is 14.5. The van der Waals surface area contributed by atoms with E-state index in [4.69, 9.17) is 15.9 Å². The Labute approximate surface area is 338 Å². The van der Waals surface area contributed by atoms with E-state index in [2.05, 4.69) is 158 Å². The molecular weight excluding hydrogens is 695 g/mol. The highest BCUT2D eigenvalue weighted by Gasteiger charge is 2.52. The summed E-state index contributed by atoms with van der Waals surface area (Å²) in [7, 11) is 2.10. The second kappa shape index (κ2) is 17.7. The number of allylic oxidation sites excluding steroid dienone is 7. The molecule has 1 heterocycles. The number of hydrogen-bond acceptors (Lipinski definition) is 3. The fraction of sp³-hybridized carbons (Fsp3) is 0.189. The Morgan fingerprint density at radius 3 is 2.05 bits per heavy atom. The van der Waals surface area contributed by atoms with Crippen LogP contribution in [0, 0.1) is 5.41 Å². The van der Waals surface area contributed by atoms with Crippen molar-refractivity contribution in [2.45, 2.75) is 57.9 Å². The lowest BCUT2D eigenvalue weighted by Crippen LogP contribution is -2.33. The first-order valence-corrected chi connectivity index (χ1v) is 20.3. The van der Waals surface area contributed by atoms with E-state index in [-0.39, 0.29) is 11.3 Å². The van der Waals surface area contributed by atoms with Crippen LogP contribution in [0.1, 0.15) is 72.6 Å². The lowest BCUT2D eigenvalue weighted by atomic mass is 9.63. The minimum atomic E-state index is -0.367. The Morgan fingerprint density at radius 1 is 0.737 bits per heavy atom. The smallest absolute Gasteiger partial charge is 0.132 e. The molecule has 0 amide bonds. The molecule has 0 saturated heterocycles. The van der Waals surface area contributed by atoms with E-state index in [9.17, 15) is 0 Å². The van der Waals surface area contributed by atoms with Gasteiger partial charge in [-0.1, -0.05) is 166 Å². The first kappa shape index (κ1) is 39.0. The van der Waals surface area contributed by atoms with Gasteiger partial charge in [0, 0.05) is 17.2 Å². The van der Waals surface area contributed by atoms with Gasteiger partial charge >= 0.3 is 0 Å². The monoisotopic (exact) mass is 747 g/mol. The zero-order valence-electron chi connectivity index (χ0n) is 33.6. The Balaban J connectivity index is 0.000000446. The average molecular weight is 748 g/mol. The minimum absolute atomic E-state index is 0.0862. The number of nitrogens with two attached hydrogens (primary N) is 1. The zero-order valence-corrected chi connectivity index (χ0v) is 33.6. The summed E-state index contributed by atoms with van der Waals surface area (Å²) >= 11 is 0. The molecule has 6 aromatic rings. The van der Waals surface area contributed by atoms with Crippen LogP contribution in [0.15, 0.2) is 175 Å². The Kier molecular flexibility index (Phi) is 12.1. The van der Waals surface area contributed by atoms with E-state index in [0.717, 1.165) is 37.2 Å². The Hall–Kier alpha value is -6.23. The van der Waals surface area contributed by atoms with Crippen LogP contribution in [0.25, 0.3) is 21.9 Å². The largest absolute Gasteiger partial charge is 0.457 e. The molecule has 6 aromatic carbocycles. The summed E-state index contributed by atoms with van der Waals surface area (Å²) in [6.07, 6.45) is 13.4. The molecule has 1 aliphatic heterocycles. The quantitative estimate of drug-likeness (QED) is 0.0825. The van der Waals surface area contributed by atoms with E-state index in [1.165, 1.54) is 72.5 Å².